The zero-order valence-corrected chi connectivity index (χ0v) is 18.4. The van der Waals surface area contributed by atoms with Crippen molar-refractivity contribution in [2.75, 3.05) is 5.32 Å². The summed E-state index contributed by atoms with van der Waals surface area (Å²) in [6.45, 7) is 0. The average Bonchev–Trinajstić information content (AvgIpc) is 3.52. The Bertz CT molecular complexity index is 1160. The van der Waals surface area contributed by atoms with Gasteiger partial charge in [0.15, 0.2) is 0 Å². The quantitative estimate of drug-likeness (QED) is 0.589. The fraction of sp³-hybridized carbons (Fsp3) is 0.375. The van der Waals surface area contributed by atoms with Crippen LogP contribution in [0.4, 0.5) is 10.6 Å². The molecule has 170 valence electrons. The van der Waals surface area contributed by atoms with Crippen LogP contribution in [0.15, 0.2) is 49.1 Å². The van der Waals surface area contributed by atoms with E-state index in [9.17, 15) is 9.59 Å². The molecule has 3 amide bonds. The van der Waals surface area contributed by atoms with Crippen LogP contribution in [0.2, 0.25) is 0 Å². The van der Waals surface area contributed by atoms with Crippen LogP contribution in [0.25, 0.3) is 11.3 Å². The SMILES string of the molecule is Cn1cc(-c2cc(Oc3ccc(NC(=O)NC(=O)CC4CC5CCC4C5)nc3)ccn2)cn1. The molecule has 0 aromatic carbocycles. The number of aromatic nitrogens is 4. The summed E-state index contributed by atoms with van der Waals surface area (Å²) in [6.07, 6.45) is 12.1. The van der Waals surface area contributed by atoms with E-state index in [2.05, 4.69) is 25.7 Å². The van der Waals surface area contributed by atoms with Crippen LogP contribution >= 0.6 is 0 Å². The van der Waals surface area contributed by atoms with Gasteiger partial charge in [0, 0.05) is 37.5 Å². The Hall–Kier alpha value is -3.75. The monoisotopic (exact) mass is 446 g/mol. The van der Waals surface area contributed by atoms with Gasteiger partial charge in [-0.15, -0.1) is 0 Å². The Labute approximate surface area is 191 Å². The molecule has 3 aromatic rings. The first-order valence-electron chi connectivity index (χ1n) is 11.2. The number of amides is 3. The summed E-state index contributed by atoms with van der Waals surface area (Å²) < 4.78 is 7.57. The molecule has 3 heterocycles. The van der Waals surface area contributed by atoms with Crippen LogP contribution < -0.4 is 15.4 Å². The number of pyridine rings is 2. The molecule has 5 rings (SSSR count). The number of ether oxygens (including phenoxy) is 1. The molecule has 0 aliphatic heterocycles. The maximum Gasteiger partial charge on any atom is 0.327 e. The Morgan fingerprint density at radius 3 is 2.73 bits per heavy atom. The molecule has 33 heavy (non-hydrogen) atoms. The summed E-state index contributed by atoms with van der Waals surface area (Å²) in [6, 6.07) is 6.32. The Kier molecular flexibility index (Phi) is 5.77. The zero-order valence-electron chi connectivity index (χ0n) is 18.4. The van der Waals surface area contributed by atoms with Gasteiger partial charge in [-0.25, -0.2) is 9.78 Å². The van der Waals surface area contributed by atoms with E-state index >= 15 is 0 Å². The maximum absolute atomic E-state index is 12.2. The van der Waals surface area contributed by atoms with Gasteiger partial charge < -0.3 is 4.74 Å². The van der Waals surface area contributed by atoms with E-state index in [1.54, 1.807) is 35.3 Å². The van der Waals surface area contributed by atoms with E-state index in [0.717, 1.165) is 23.6 Å². The highest BCUT2D eigenvalue weighted by Crippen LogP contribution is 2.49. The number of hydrogen-bond acceptors (Lipinski definition) is 6. The van der Waals surface area contributed by atoms with Crippen LogP contribution in [-0.2, 0) is 11.8 Å². The number of hydrogen-bond donors (Lipinski definition) is 2. The van der Waals surface area contributed by atoms with Crippen molar-refractivity contribution in [1.29, 1.82) is 0 Å². The normalized spacial score (nSPS) is 21.1. The standard InChI is InChI=1S/C24H26N6O3/c1-30-14-18(12-27-30)21-11-19(6-7-25-21)33-20-4-5-22(26-13-20)28-24(32)29-23(31)10-17-9-15-2-3-16(17)8-15/h4-7,11-17H,2-3,8-10H2,1H3,(H2,26,28,29,31,32). The van der Waals surface area contributed by atoms with Crippen molar-refractivity contribution < 1.29 is 14.3 Å². The van der Waals surface area contributed by atoms with Crippen molar-refractivity contribution in [3.8, 4) is 22.8 Å². The van der Waals surface area contributed by atoms with E-state index in [4.69, 9.17) is 4.74 Å². The van der Waals surface area contributed by atoms with Crippen LogP contribution in [0.1, 0.15) is 32.1 Å². The third-order valence-electron chi connectivity index (χ3n) is 6.53. The Balaban J connectivity index is 1.13. The summed E-state index contributed by atoms with van der Waals surface area (Å²) >= 11 is 0. The minimum Gasteiger partial charge on any atom is -0.456 e. The molecular formula is C24H26N6O3. The van der Waals surface area contributed by atoms with Crippen LogP contribution in [0, 0.1) is 17.8 Å². The van der Waals surface area contributed by atoms with Gasteiger partial charge >= 0.3 is 6.03 Å². The zero-order chi connectivity index (χ0) is 22.8. The number of imide groups is 1. The van der Waals surface area contributed by atoms with E-state index in [-0.39, 0.29) is 5.91 Å². The number of nitrogens with zero attached hydrogens (tertiary/aromatic N) is 4. The van der Waals surface area contributed by atoms with Gasteiger partial charge in [0.2, 0.25) is 5.91 Å². The molecule has 0 spiro atoms. The van der Waals surface area contributed by atoms with Crippen LogP contribution in [0.3, 0.4) is 0 Å². The third-order valence-corrected chi connectivity index (χ3v) is 6.53. The largest absolute Gasteiger partial charge is 0.456 e. The smallest absolute Gasteiger partial charge is 0.327 e. The van der Waals surface area contributed by atoms with E-state index in [1.165, 1.54) is 25.5 Å². The lowest BCUT2D eigenvalue weighted by Crippen LogP contribution is -2.36. The lowest BCUT2D eigenvalue weighted by Gasteiger charge is -2.20. The summed E-state index contributed by atoms with van der Waals surface area (Å²) in [5, 5.41) is 9.17. The highest BCUT2D eigenvalue weighted by molar-refractivity contribution is 6.00. The maximum atomic E-state index is 12.2. The first-order valence-corrected chi connectivity index (χ1v) is 11.2. The lowest BCUT2D eigenvalue weighted by molar-refractivity contribution is -0.121. The minimum atomic E-state index is -0.570. The van der Waals surface area contributed by atoms with Crippen molar-refractivity contribution in [1.82, 2.24) is 25.1 Å². The number of fused-ring (bicyclic) bond motifs is 2. The van der Waals surface area contributed by atoms with Crippen molar-refractivity contribution in [2.24, 2.45) is 24.8 Å². The second-order valence-electron chi connectivity index (χ2n) is 8.90. The summed E-state index contributed by atoms with van der Waals surface area (Å²) in [7, 11) is 1.85. The lowest BCUT2D eigenvalue weighted by atomic mass is 9.86. The topological polar surface area (TPSA) is 111 Å². The number of rotatable bonds is 6. The Morgan fingerprint density at radius 2 is 2.03 bits per heavy atom. The highest BCUT2D eigenvalue weighted by atomic mass is 16.5. The third kappa shape index (κ3) is 5.02. The van der Waals surface area contributed by atoms with Gasteiger partial charge in [0.05, 0.1) is 18.1 Å². The predicted octanol–water partition coefficient (Wildman–Crippen LogP) is 4.14. The van der Waals surface area contributed by atoms with Gasteiger partial charge in [-0.2, -0.15) is 5.10 Å². The van der Waals surface area contributed by atoms with Crippen LogP contribution in [-0.4, -0.2) is 31.7 Å². The molecule has 2 aliphatic rings. The van der Waals surface area contributed by atoms with Crippen LogP contribution in [0.5, 0.6) is 11.5 Å². The van der Waals surface area contributed by atoms with Gasteiger partial charge in [-0.1, -0.05) is 6.42 Å². The average molecular weight is 447 g/mol. The van der Waals surface area contributed by atoms with Gasteiger partial charge in [0.25, 0.3) is 0 Å². The van der Waals surface area contributed by atoms with E-state index in [1.807, 2.05) is 19.3 Å². The highest BCUT2D eigenvalue weighted by Gasteiger charge is 2.40. The van der Waals surface area contributed by atoms with Gasteiger partial charge in [-0.05, 0) is 55.2 Å². The number of carbonyl (C=O) groups excluding carboxylic acids is 2. The first kappa shape index (κ1) is 21.1. The van der Waals surface area contributed by atoms with Gasteiger partial charge in [0.1, 0.15) is 17.3 Å². The fourth-order valence-corrected chi connectivity index (χ4v) is 5.03. The summed E-state index contributed by atoms with van der Waals surface area (Å²) in [4.78, 5) is 33.0. The number of anilines is 1. The van der Waals surface area contributed by atoms with Crippen molar-refractivity contribution in [2.45, 2.75) is 32.1 Å². The second kappa shape index (κ2) is 9.01. The fourth-order valence-electron chi connectivity index (χ4n) is 5.03. The molecule has 9 nitrogen and oxygen atoms in total. The minimum absolute atomic E-state index is 0.230. The molecular weight excluding hydrogens is 420 g/mol. The molecule has 2 bridgehead atoms. The molecule has 2 aliphatic carbocycles. The number of nitrogens with one attached hydrogen (secondary N) is 2. The number of carbonyl (C=O) groups is 2. The molecule has 9 heteroatoms. The molecule has 0 radical (unpaired) electrons. The second-order valence-corrected chi connectivity index (χ2v) is 8.90. The molecule has 2 fully saturated rings. The van der Waals surface area contributed by atoms with E-state index in [0.29, 0.717) is 35.6 Å². The van der Waals surface area contributed by atoms with E-state index < -0.39 is 6.03 Å². The molecule has 2 saturated carbocycles. The summed E-state index contributed by atoms with van der Waals surface area (Å²) in [5.74, 6) is 3.06. The molecule has 3 unspecified atom stereocenters. The van der Waals surface area contributed by atoms with Crippen molar-refractivity contribution in [3.05, 3.63) is 49.1 Å². The molecule has 3 aromatic heterocycles. The van der Waals surface area contributed by atoms with Crippen molar-refractivity contribution in [3.63, 3.8) is 0 Å². The summed E-state index contributed by atoms with van der Waals surface area (Å²) in [5.41, 5.74) is 1.64. The predicted molar refractivity (Wildman–Crippen MR) is 121 cm³/mol. The number of urea groups is 1. The first-order chi connectivity index (χ1) is 16.0. The molecule has 2 N–H and O–H groups in total. The Morgan fingerprint density at radius 1 is 1.12 bits per heavy atom. The van der Waals surface area contributed by atoms with Crippen molar-refractivity contribution >= 4 is 17.8 Å². The molecule has 3 atom stereocenters. The molecule has 0 saturated heterocycles. The number of aryl methyl sites for hydroxylation is 1. The van der Waals surface area contributed by atoms with Gasteiger partial charge in [-0.3, -0.25) is 25.1 Å².